The molecular weight excluding hydrogens is 297 g/mol. The Morgan fingerprint density at radius 1 is 1.17 bits per heavy atom. The summed E-state index contributed by atoms with van der Waals surface area (Å²) in [6.07, 6.45) is 0. The summed E-state index contributed by atoms with van der Waals surface area (Å²) >= 11 is 3.20. The number of hydrogen-bond acceptors (Lipinski definition) is 2. The second kappa shape index (κ2) is 5.50. The molecule has 0 aliphatic heterocycles. The van der Waals surface area contributed by atoms with Crippen molar-refractivity contribution >= 4 is 15.9 Å². The minimum Gasteiger partial charge on any atom is -0.454 e. The van der Waals surface area contributed by atoms with Crippen molar-refractivity contribution in [3.05, 3.63) is 58.3 Å². The molecule has 1 atom stereocenters. The first-order valence-electron chi connectivity index (χ1n) is 5.54. The van der Waals surface area contributed by atoms with Gasteiger partial charge in [-0.2, -0.15) is 0 Å². The van der Waals surface area contributed by atoms with Crippen LogP contribution in [0.4, 0.5) is 4.39 Å². The normalized spacial score (nSPS) is 12.2. The molecule has 0 aliphatic carbocycles. The van der Waals surface area contributed by atoms with Crippen LogP contribution in [0.3, 0.4) is 0 Å². The highest BCUT2D eigenvalue weighted by atomic mass is 79.9. The van der Waals surface area contributed by atoms with E-state index in [0.717, 1.165) is 5.56 Å². The van der Waals surface area contributed by atoms with E-state index in [9.17, 15) is 4.39 Å². The molecule has 94 valence electrons. The predicted molar refractivity (Wildman–Crippen MR) is 73.2 cm³/mol. The van der Waals surface area contributed by atoms with Gasteiger partial charge < -0.3 is 10.5 Å². The second-order valence-corrected chi connectivity index (χ2v) is 4.95. The SMILES string of the molecule is C[C@@H](N)c1ccc(Oc2ccc(Br)cc2F)cc1. The minimum absolute atomic E-state index is 0.0246. The number of rotatable bonds is 3. The fourth-order valence-corrected chi connectivity index (χ4v) is 1.86. The maximum absolute atomic E-state index is 13.6. The molecule has 0 unspecified atom stereocenters. The van der Waals surface area contributed by atoms with Crippen LogP contribution in [-0.4, -0.2) is 0 Å². The summed E-state index contributed by atoms with van der Waals surface area (Å²) in [5.41, 5.74) is 6.76. The average molecular weight is 310 g/mol. The van der Waals surface area contributed by atoms with Crippen molar-refractivity contribution in [3.63, 3.8) is 0 Å². The third-order valence-electron chi connectivity index (χ3n) is 2.53. The van der Waals surface area contributed by atoms with E-state index < -0.39 is 5.82 Å². The van der Waals surface area contributed by atoms with E-state index in [4.69, 9.17) is 10.5 Å². The summed E-state index contributed by atoms with van der Waals surface area (Å²) in [6, 6.07) is 12.0. The van der Waals surface area contributed by atoms with Crippen LogP contribution in [0.1, 0.15) is 18.5 Å². The number of nitrogens with two attached hydrogens (primary N) is 1. The Balaban J connectivity index is 2.18. The number of halogens is 2. The largest absolute Gasteiger partial charge is 0.454 e. The van der Waals surface area contributed by atoms with Gasteiger partial charge in [0.15, 0.2) is 11.6 Å². The van der Waals surface area contributed by atoms with Crippen molar-refractivity contribution in [2.24, 2.45) is 5.73 Å². The molecule has 0 saturated heterocycles. The lowest BCUT2D eigenvalue weighted by molar-refractivity contribution is 0.442. The second-order valence-electron chi connectivity index (χ2n) is 4.03. The van der Waals surface area contributed by atoms with Gasteiger partial charge in [-0.25, -0.2) is 4.39 Å². The molecule has 2 rings (SSSR count). The molecule has 0 aromatic heterocycles. The van der Waals surface area contributed by atoms with Gasteiger partial charge in [-0.05, 0) is 42.8 Å². The highest BCUT2D eigenvalue weighted by molar-refractivity contribution is 9.10. The van der Waals surface area contributed by atoms with Crippen molar-refractivity contribution in [2.75, 3.05) is 0 Å². The summed E-state index contributed by atoms with van der Waals surface area (Å²) in [5, 5.41) is 0. The van der Waals surface area contributed by atoms with Crippen LogP contribution in [0.2, 0.25) is 0 Å². The Morgan fingerprint density at radius 2 is 1.83 bits per heavy atom. The van der Waals surface area contributed by atoms with Gasteiger partial charge in [0.05, 0.1) is 0 Å². The minimum atomic E-state index is -0.402. The van der Waals surface area contributed by atoms with E-state index in [1.165, 1.54) is 6.07 Å². The highest BCUT2D eigenvalue weighted by Crippen LogP contribution is 2.27. The fourth-order valence-electron chi connectivity index (χ4n) is 1.52. The van der Waals surface area contributed by atoms with Crippen LogP contribution in [0.25, 0.3) is 0 Å². The molecule has 0 aliphatic rings. The lowest BCUT2D eigenvalue weighted by atomic mass is 10.1. The lowest BCUT2D eigenvalue weighted by Crippen LogP contribution is -2.04. The summed E-state index contributed by atoms with van der Waals surface area (Å²) in [7, 11) is 0. The summed E-state index contributed by atoms with van der Waals surface area (Å²) in [6.45, 7) is 1.91. The Kier molecular flexibility index (Phi) is 3.99. The molecule has 2 N–H and O–H groups in total. The summed E-state index contributed by atoms with van der Waals surface area (Å²) < 4.78 is 19.7. The molecule has 0 saturated carbocycles. The zero-order chi connectivity index (χ0) is 13.1. The van der Waals surface area contributed by atoms with E-state index in [2.05, 4.69) is 15.9 Å². The monoisotopic (exact) mass is 309 g/mol. The van der Waals surface area contributed by atoms with Gasteiger partial charge in [-0.15, -0.1) is 0 Å². The van der Waals surface area contributed by atoms with Gasteiger partial charge in [-0.1, -0.05) is 28.1 Å². The van der Waals surface area contributed by atoms with Crippen LogP contribution in [0, 0.1) is 5.82 Å². The topological polar surface area (TPSA) is 35.2 Å². The summed E-state index contributed by atoms with van der Waals surface area (Å²) in [4.78, 5) is 0. The number of benzene rings is 2. The molecule has 0 heterocycles. The molecule has 2 aromatic rings. The molecule has 0 radical (unpaired) electrons. The quantitative estimate of drug-likeness (QED) is 0.912. The molecule has 0 spiro atoms. The molecule has 2 nitrogen and oxygen atoms in total. The van der Waals surface area contributed by atoms with Gasteiger partial charge in [0.25, 0.3) is 0 Å². The molecule has 4 heteroatoms. The van der Waals surface area contributed by atoms with Crippen molar-refractivity contribution in [1.29, 1.82) is 0 Å². The fraction of sp³-hybridized carbons (Fsp3) is 0.143. The third kappa shape index (κ3) is 3.09. The first-order chi connectivity index (χ1) is 8.56. The van der Waals surface area contributed by atoms with Gasteiger partial charge in [0.2, 0.25) is 0 Å². The zero-order valence-electron chi connectivity index (χ0n) is 9.86. The van der Waals surface area contributed by atoms with Crippen molar-refractivity contribution in [2.45, 2.75) is 13.0 Å². The van der Waals surface area contributed by atoms with E-state index in [1.54, 1.807) is 24.3 Å². The number of hydrogen-bond donors (Lipinski definition) is 1. The maximum atomic E-state index is 13.6. The van der Waals surface area contributed by atoms with Crippen LogP contribution in [-0.2, 0) is 0 Å². The lowest BCUT2D eigenvalue weighted by Gasteiger charge is -2.09. The van der Waals surface area contributed by atoms with Gasteiger partial charge in [0.1, 0.15) is 5.75 Å². The Bertz CT molecular complexity index is 540. The van der Waals surface area contributed by atoms with E-state index in [-0.39, 0.29) is 11.8 Å². The van der Waals surface area contributed by atoms with E-state index in [0.29, 0.717) is 10.2 Å². The Hall–Kier alpha value is -1.39. The molecule has 0 amide bonds. The molecule has 0 bridgehead atoms. The van der Waals surface area contributed by atoms with Gasteiger partial charge >= 0.3 is 0 Å². The smallest absolute Gasteiger partial charge is 0.166 e. The van der Waals surface area contributed by atoms with Crippen LogP contribution < -0.4 is 10.5 Å². The van der Waals surface area contributed by atoms with Crippen LogP contribution in [0.15, 0.2) is 46.9 Å². The van der Waals surface area contributed by atoms with Crippen molar-refractivity contribution < 1.29 is 9.13 Å². The average Bonchev–Trinajstić information content (AvgIpc) is 2.33. The summed E-state index contributed by atoms with van der Waals surface area (Å²) in [5.74, 6) is 0.382. The Labute approximate surface area is 114 Å². The van der Waals surface area contributed by atoms with Crippen molar-refractivity contribution in [1.82, 2.24) is 0 Å². The van der Waals surface area contributed by atoms with Crippen LogP contribution in [0.5, 0.6) is 11.5 Å². The standard InChI is InChI=1S/C14H13BrFNO/c1-9(17)10-2-5-12(6-3-10)18-14-7-4-11(15)8-13(14)16/h2-9H,17H2,1H3/t9-/m1/s1. The molecule has 2 aromatic carbocycles. The van der Waals surface area contributed by atoms with Gasteiger partial charge in [-0.3, -0.25) is 0 Å². The van der Waals surface area contributed by atoms with Crippen LogP contribution >= 0.6 is 15.9 Å². The first kappa shape index (κ1) is 13.1. The maximum Gasteiger partial charge on any atom is 0.166 e. The van der Waals surface area contributed by atoms with Gasteiger partial charge in [0, 0.05) is 10.5 Å². The zero-order valence-corrected chi connectivity index (χ0v) is 11.4. The van der Waals surface area contributed by atoms with E-state index >= 15 is 0 Å². The molecule has 18 heavy (non-hydrogen) atoms. The van der Waals surface area contributed by atoms with Crippen molar-refractivity contribution in [3.8, 4) is 11.5 Å². The Morgan fingerprint density at radius 3 is 2.39 bits per heavy atom. The molecular formula is C14H13BrFNO. The first-order valence-corrected chi connectivity index (χ1v) is 6.34. The third-order valence-corrected chi connectivity index (χ3v) is 3.02. The number of ether oxygens (including phenoxy) is 1. The molecule has 0 fully saturated rings. The predicted octanol–water partition coefficient (Wildman–Crippen LogP) is 4.40. The highest BCUT2D eigenvalue weighted by Gasteiger charge is 2.06. The van der Waals surface area contributed by atoms with E-state index in [1.807, 2.05) is 19.1 Å².